The summed E-state index contributed by atoms with van der Waals surface area (Å²) in [6, 6.07) is 16.6. The molecule has 3 rings (SSSR count). The highest BCUT2D eigenvalue weighted by atomic mass is 16.2. The van der Waals surface area contributed by atoms with Crippen molar-refractivity contribution >= 4 is 23.2 Å². The number of nitrogens with zero attached hydrogens (tertiary/aromatic N) is 1. The van der Waals surface area contributed by atoms with E-state index in [0.29, 0.717) is 0 Å². The monoisotopic (exact) mass is 491 g/mol. The molecule has 0 atom stereocenters. The molecule has 0 aromatic heterocycles. The molecule has 1 heterocycles. The van der Waals surface area contributed by atoms with E-state index < -0.39 is 0 Å². The van der Waals surface area contributed by atoms with Gasteiger partial charge in [-0.25, -0.2) is 0 Å². The summed E-state index contributed by atoms with van der Waals surface area (Å²) in [6.45, 7) is 7.52. The minimum absolute atomic E-state index is 0.0594. The topological polar surface area (TPSA) is 61.4 Å². The highest BCUT2D eigenvalue weighted by Crippen LogP contribution is 2.34. The Morgan fingerprint density at radius 2 is 1.19 bits per heavy atom. The van der Waals surface area contributed by atoms with Gasteiger partial charge in [-0.1, -0.05) is 82.6 Å². The molecular weight excluding hydrogens is 446 g/mol. The molecule has 196 valence electrons. The predicted molar refractivity (Wildman–Crippen MR) is 150 cm³/mol. The lowest BCUT2D eigenvalue weighted by Crippen LogP contribution is -2.37. The fraction of sp³-hybridized carbons (Fsp3) is 0.548. The maximum atomic E-state index is 11.4. The first kappa shape index (κ1) is 27.9. The van der Waals surface area contributed by atoms with Crippen LogP contribution in [0.15, 0.2) is 48.5 Å². The van der Waals surface area contributed by atoms with E-state index in [4.69, 9.17) is 0 Å². The van der Waals surface area contributed by atoms with Crippen molar-refractivity contribution in [3.05, 3.63) is 59.7 Å². The Bertz CT molecular complexity index is 872. The Labute approximate surface area is 218 Å². The Balaban J connectivity index is 1.63. The lowest BCUT2D eigenvalue weighted by Gasteiger charge is -2.38. The third-order valence-electron chi connectivity index (χ3n) is 7.32. The highest BCUT2D eigenvalue weighted by molar-refractivity contribution is 5.89. The minimum Gasteiger partial charge on any atom is -0.326 e. The molecule has 5 nitrogen and oxygen atoms in total. The number of carbonyl (C=O) groups is 2. The van der Waals surface area contributed by atoms with E-state index in [0.717, 1.165) is 30.4 Å². The molecular formula is C31H45N3O2. The summed E-state index contributed by atoms with van der Waals surface area (Å²) < 4.78 is 0. The largest absolute Gasteiger partial charge is 0.326 e. The van der Waals surface area contributed by atoms with Gasteiger partial charge in [0.1, 0.15) is 0 Å². The second-order valence-electron chi connectivity index (χ2n) is 10.4. The highest BCUT2D eigenvalue weighted by Gasteiger charge is 2.27. The Kier molecular flexibility index (Phi) is 11.5. The molecule has 5 heteroatoms. The summed E-state index contributed by atoms with van der Waals surface area (Å²) in [4.78, 5) is 25.5. The third-order valence-corrected chi connectivity index (χ3v) is 7.32. The van der Waals surface area contributed by atoms with E-state index in [9.17, 15) is 9.59 Å². The average Bonchev–Trinajstić information content (AvgIpc) is 2.86. The van der Waals surface area contributed by atoms with Crippen LogP contribution in [0.25, 0.3) is 0 Å². The van der Waals surface area contributed by atoms with E-state index in [2.05, 4.69) is 46.7 Å². The van der Waals surface area contributed by atoms with Crippen LogP contribution in [-0.4, -0.2) is 29.8 Å². The summed E-state index contributed by atoms with van der Waals surface area (Å²) in [5.74, 6) is 0.716. The van der Waals surface area contributed by atoms with Crippen LogP contribution in [0.1, 0.15) is 102 Å². The van der Waals surface area contributed by atoms with Crippen molar-refractivity contribution in [3.63, 3.8) is 0 Å². The number of nitrogens with one attached hydrogen (secondary N) is 2. The van der Waals surface area contributed by atoms with Crippen molar-refractivity contribution < 1.29 is 9.59 Å². The number of benzene rings is 2. The van der Waals surface area contributed by atoms with Gasteiger partial charge in [0, 0.05) is 25.2 Å². The lowest BCUT2D eigenvalue weighted by atomic mass is 9.88. The molecule has 1 fully saturated rings. The van der Waals surface area contributed by atoms with Crippen molar-refractivity contribution in [2.24, 2.45) is 5.92 Å². The molecule has 0 spiro atoms. The molecule has 0 radical (unpaired) electrons. The van der Waals surface area contributed by atoms with Gasteiger partial charge in [-0.3, -0.25) is 14.5 Å². The van der Waals surface area contributed by atoms with Crippen LogP contribution in [0, 0.1) is 5.92 Å². The van der Waals surface area contributed by atoms with Gasteiger partial charge in [0.15, 0.2) is 0 Å². The van der Waals surface area contributed by atoms with E-state index in [1.807, 2.05) is 24.3 Å². The fourth-order valence-electron chi connectivity index (χ4n) is 5.41. The maximum Gasteiger partial charge on any atom is 0.221 e. The first-order chi connectivity index (χ1) is 17.5. The summed E-state index contributed by atoms with van der Waals surface area (Å²) in [5, 5.41) is 5.73. The molecule has 2 N–H and O–H groups in total. The van der Waals surface area contributed by atoms with Crippen LogP contribution in [0.4, 0.5) is 11.4 Å². The molecule has 0 aliphatic carbocycles. The minimum atomic E-state index is -0.0594. The number of anilines is 2. The van der Waals surface area contributed by atoms with E-state index in [-0.39, 0.29) is 17.9 Å². The SMILES string of the molecule is CCCCCCCCCC1CCN(C(c2ccc(NC(C)=O)cc2)c2ccc(NC(C)=O)cc2)CC1. The summed E-state index contributed by atoms with van der Waals surface area (Å²) in [6.07, 6.45) is 13.5. The van der Waals surface area contributed by atoms with Gasteiger partial charge in [0.2, 0.25) is 11.8 Å². The van der Waals surface area contributed by atoms with Gasteiger partial charge in [0.05, 0.1) is 6.04 Å². The zero-order valence-corrected chi connectivity index (χ0v) is 22.5. The van der Waals surface area contributed by atoms with E-state index in [1.54, 1.807) is 0 Å². The zero-order chi connectivity index (χ0) is 25.8. The average molecular weight is 492 g/mol. The summed E-state index contributed by atoms with van der Waals surface area (Å²) >= 11 is 0. The summed E-state index contributed by atoms with van der Waals surface area (Å²) in [5.41, 5.74) is 4.09. The molecule has 1 aliphatic heterocycles. The third kappa shape index (κ3) is 9.09. The normalized spacial score (nSPS) is 14.7. The first-order valence-corrected chi connectivity index (χ1v) is 14.0. The number of piperidine rings is 1. The molecule has 36 heavy (non-hydrogen) atoms. The Morgan fingerprint density at radius 1 is 0.750 bits per heavy atom. The van der Waals surface area contributed by atoms with E-state index >= 15 is 0 Å². The smallest absolute Gasteiger partial charge is 0.221 e. The van der Waals surface area contributed by atoms with Gasteiger partial charge in [-0.2, -0.15) is 0 Å². The van der Waals surface area contributed by atoms with Gasteiger partial charge >= 0.3 is 0 Å². The van der Waals surface area contributed by atoms with E-state index in [1.165, 1.54) is 89.2 Å². The summed E-state index contributed by atoms with van der Waals surface area (Å²) in [7, 11) is 0. The van der Waals surface area contributed by atoms with Crippen LogP contribution < -0.4 is 10.6 Å². The van der Waals surface area contributed by atoms with Crippen molar-refractivity contribution in [2.75, 3.05) is 23.7 Å². The standard InChI is InChI=1S/C31H45N3O2/c1-4-5-6-7-8-9-10-11-26-20-22-34(23-21-26)31(27-12-16-29(17-13-27)32-24(2)35)28-14-18-30(19-15-28)33-25(3)36/h12-19,26,31H,4-11,20-23H2,1-3H3,(H,32,35)(H,33,36). The van der Waals surface area contributed by atoms with Gasteiger partial charge in [-0.05, 0) is 67.2 Å². The second-order valence-corrected chi connectivity index (χ2v) is 10.4. The maximum absolute atomic E-state index is 11.4. The van der Waals surface area contributed by atoms with Crippen molar-refractivity contribution in [3.8, 4) is 0 Å². The number of amides is 2. The van der Waals surface area contributed by atoms with Crippen molar-refractivity contribution in [1.82, 2.24) is 4.90 Å². The molecule has 1 saturated heterocycles. The number of unbranched alkanes of at least 4 members (excludes halogenated alkanes) is 6. The fourth-order valence-corrected chi connectivity index (χ4v) is 5.41. The quantitative estimate of drug-likeness (QED) is 0.284. The van der Waals surface area contributed by atoms with Crippen LogP contribution >= 0.6 is 0 Å². The first-order valence-electron chi connectivity index (χ1n) is 14.0. The number of hydrogen-bond donors (Lipinski definition) is 2. The molecule has 0 bridgehead atoms. The van der Waals surface area contributed by atoms with Crippen LogP contribution in [0.2, 0.25) is 0 Å². The van der Waals surface area contributed by atoms with Gasteiger partial charge in [-0.15, -0.1) is 0 Å². The van der Waals surface area contributed by atoms with Gasteiger partial charge < -0.3 is 10.6 Å². The number of likely N-dealkylation sites (tertiary alicyclic amines) is 1. The van der Waals surface area contributed by atoms with Crippen molar-refractivity contribution in [1.29, 1.82) is 0 Å². The number of carbonyl (C=O) groups excluding carboxylic acids is 2. The number of rotatable bonds is 13. The molecule has 0 unspecified atom stereocenters. The molecule has 2 aromatic carbocycles. The van der Waals surface area contributed by atoms with Crippen LogP contribution in [0.5, 0.6) is 0 Å². The predicted octanol–water partition coefficient (Wildman–Crippen LogP) is 7.55. The molecule has 0 saturated carbocycles. The van der Waals surface area contributed by atoms with Crippen LogP contribution in [0.3, 0.4) is 0 Å². The molecule has 1 aliphatic rings. The molecule has 2 amide bonds. The lowest BCUT2D eigenvalue weighted by molar-refractivity contribution is -0.115. The number of hydrogen-bond acceptors (Lipinski definition) is 3. The Morgan fingerprint density at radius 3 is 1.64 bits per heavy atom. The zero-order valence-electron chi connectivity index (χ0n) is 22.5. The van der Waals surface area contributed by atoms with Crippen LogP contribution in [-0.2, 0) is 9.59 Å². The second kappa shape index (κ2) is 14.8. The molecule has 2 aromatic rings. The Hall–Kier alpha value is -2.66. The van der Waals surface area contributed by atoms with Gasteiger partial charge in [0.25, 0.3) is 0 Å². The van der Waals surface area contributed by atoms with Crippen molar-refractivity contribution in [2.45, 2.75) is 91.0 Å².